The fourth-order valence-corrected chi connectivity index (χ4v) is 2.49. The minimum absolute atomic E-state index is 0.316. The Morgan fingerprint density at radius 1 is 1.39 bits per heavy atom. The molecule has 2 heterocycles. The van der Waals surface area contributed by atoms with Gasteiger partial charge in [-0.05, 0) is 23.6 Å². The van der Waals surface area contributed by atoms with Crippen molar-refractivity contribution in [2.75, 3.05) is 7.11 Å². The molecule has 5 heteroatoms. The molecule has 0 aliphatic carbocycles. The fourth-order valence-electron chi connectivity index (χ4n) is 1.77. The molecule has 0 saturated heterocycles. The minimum Gasteiger partial charge on any atom is -0.497 e. The van der Waals surface area contributed by atoms with Crippen LogP contribution in [0.4, 0.5) is 0 Å². The first kappa shape index (κ1) is 11.3. The van der Waals surface area contributed by atoms with E-state index in [9.17, 15) is 0 Å². The molecular formula is C13H12N2O2S. The molecule has 0 fully saturated rings. The third kappa shape index (κ3) is 1.87. The maximum absolute atomic E-state index is 6.12. The van der Waals surface area contributed by atoms with Crippen LogP contribution in [0.15, 0.2) is 40.1 Å². The molecule has 3 rings (SSSR count). The second-order valence-corrected chi connectivity index (χ2v) is 4.86. The predicted octanol–water partition coefficient (Wildman–Crippen LogP) is 2.95. The highest BCUT2D eigenvalue weighted by Crippen LogP contribution is 2.27. The number of hydrogen-bond acceptors (Lipinski definition) is 5. The topological polar surface area (TPSA) is 61.3 Å². The summed E-state index contributed by atoms with van der Waals surface area (Å²) >= 11 is 1.59. The van der Waals surface area contributed by atoms with Crippen LogP contribution in [0.2, 0.25) is 0 Å². The Hall–Kier alpha value is -1.85. The number of nitrogens with zero attached hydrogens (tertiary/aromatic N) is 1. The van der Waals surface area contributed by atoms with Crippen molar-refractivity contribution in [3.05, 3.63) is 46.5 Å². The van der Waals surface area contributed by atoms with Gasteiger partial charge in [-0.1, -0.05) is 6.07 Å². The molecule has 1 aromatic carbocycles. The van der Waals surface area contributed by atoms with Crippen LogP contribution in [0.3, 0.4) is 0 Å². The third-order valence-electron chi connectivity index (χ3n) is 2.73. The average Bonchev–Trinajstić information content (AvgIpc) is 3.05. The van der Waals surface area contributed by atoms with Crippen molar-refractivity contribution in [3.8, 4) is 5.75 Å². The van der Waals surface area contributed by atoms with Crippen molar-refractivity contribution in [3.63, 3.8) is 0 Å². The van der Waals surface area contributed by atoms with Gasteiger partial charge in [0, 0.05) is 10.9 Å². The second-order valence-electron chi connectivity index (χ2n) is 3.88. The van der Waals surface area contributed by atoms with Gasteiger partial charge in [-0.15, -0.1) is 11.3 Å². The zero-order chi connectivity index (χ0) is 12.5. The number of ether oxygens (including phenoxy) is 1. The summed E-state index contributed by atoms with van der Waals surface area (Å²) < 4.78 is 10.8. The summed E-state index contributed by atoms with van der Waals surface area (Å²) in [5, 5.41) is 1.99. The van der Waals surface area contributed by atoms with Gasteiger partial charge in [0.1, 0.15) is 17.3 Å². The summed E-state index contributed by atoms with van der Waals surface area (Å²) in [7, 11) is 1.62. The molecule has 3 aromatic rings. The number of aromatic nitrogens is 1. The van der Waals surface area contributed by atoms with Crippen molar-refractivity contribution in [2.45, 2.75) is 6.04 Å². The lowest BCUT2D eigenvalue weighted by molar-refractivity contribution is 0.415. The Morgan fingerprint density at radius 3 is 3.00 bits per heavy atom. The number of benzene rings is 1. The Bertz CT molecular complexity index is 661. The molecule has 0 aliphatic rings. The van der Waals surface area contributed by atoms with E-state index in [1.165, 1.54) is 0 Å². The van der Waals surface area contributed by atoms with Gasteiger partial charge in [-0.25, -0.2) is 4.98 Å². The van der Waals surface area contributed by atoms with Crippen molar-refractivity contribution in [1.82, 2.24) is 4.98 Å². The number of thiophene rings is 1. The summed E-state index contributed by atoms with van der Waals surface area (Å²) in [6.45, 7) is 0. The molecule has 0 amide bonds. The van der Waals surface area contributed by atoms with Gasteiger partial charge in [-0.3, -0.25) is 0 Å². The lowest BCUT2D eigenvalue weighted by Gasteiger charge is -2.02. The lowest BCUT2D eigenvalue weighted by Crippen LogP contribution is -2.10. The molecule has 18 heavy (non-hydrogen) atoms. The van der Waals surface area contributed by atoms with Gasteiger partial charge < -0.3 is 14.9 Å². The Balaban J connectivity index is 2.03. The molecular weight excluding hydrogens is 248 g/mol. The predicted molar refractivity (Wildman–Crippen MR) is 70.9 cm³/mol. The number of nitrogens with two attached hydrogens (primary N) is 1. The maximum Gasteiger partial charge on any atom is 0.217 e. The van der Waals surface area contributed by atoms with Gasteiger partial charge in [0.2, 0.25) is 5.89 Å². The summed E-state index contributed by atoms with van der Waals surface area (Å²) in [6, 6.07) is 9.14. The zero-order valence-corrected chi connectivity index (χ0v) is 10.6. The van der Waals surface area contributed by atoms with E-state index in [2.05, 4.69) is 4.98 Å². The Kier molecular flexibility index (Phi) is 2.77. The van der Waals surface area contributed by atoms with Crippen LogP contribution in [0, 0.1) is 0 Å². The van der Waals surface area contributed by atoms with E-state index in [0.29, 0.717) is 5.89 Å². The largest absolute Gasteiger partial charge is 0.497 e. The SMILES string of the molecule is COc1ccc2oc(C(N)c3cccs3)nc2c1. The van der Waals surface area contributed by atoms with E-state index in [0.717, 1.165) is 21.7 Å². The number of hydrogen-bond donors (Lipinski definition) is 1. The van der Waals surface area contributed by atoms with E-state index >= 15 is 0 Å². The van der Waals surface area contributed by atoms with Gasteiger partial charge in [0.25, 0.3) is 0 Å². The zero-order valence-electron chi connectivity index (χ0n) is 9.79. The highest BCUT2D eigenvalue weighted by molar-refractivity contribution is 7.10. The van der Waals surface area contributed by atoms with Crippen LogP contribution >= 0.6 is 11.3 Å². The summed E-state index contributed by atoms with van der Waals surface area (Å²) in [5.41, 5.74) is 7.60. The molecule has 0 bridgehead atoms. The first-order valence-corrected chi connectivity index (χ1v) is 6.39. The van der Waals surface area contributed by atoms with Crippen LogP contribution in [-0.4, -0.2) is 12.1 Å². The number of methoxy groups -OCH3 is 1. The maximum atomic E-state index is 6.12. The van der Waals surface area contributed by atoms with E-state index in [4.69, 9.17) is 14.9 Å². The number of oxazole rings is 1. The highest BCUT2D eigenvalue weighted by Gasteiger charge is 2.17. The normalized spacial score (nSPS) is 12.8. The minimum atomic E-state index is -0.316. The van der Waals surface area contributed by atoms with Crippen LogP contribution in [0.25, 0.3) is 11.1 Å². The fraction of sp³-hybridized carbons (Fsp3) is 0.154. The van der Waals surface area contributed by atoms with Crippen molar-refractivity contribution in [1.29, 1.82) is 0 Å². The molecule has 2 aromatic heterocycles. The van der Waals surface area contributed by atoms with Crippen molar-refractivity contribution >= 4 is 22.4 Å². The Labute approximate surface area is 108 Å². The standard InChI is InChI=1S/C13H12N2O2S/c1-16-8-4-5-10-9(7-8)15-13(17-10)12(14)11-3-2-6-18-11/h2-7,12H,14H2,1H3. The Morgan fingerprint density at radius 2 is 2.28 bits per heavy atom. The van der Waals surface area contributed by atoms with E-state index in [1.54, 1.807) is 18.4 Å². The second kappa shape index (κ2) is 4.44. The van der Waals surface area contributed by atoms with Gasteiger partial charge in [-0.2, -0.15) is 0 Å². The van der Waals surface area contributed by atoms with Crippen LogP contribution < -0.4 is 10.5 Å². The first-order chi connectivity index (χ1) is 8.78. The monoisotopic (exact) mass is 260 g/mol. The van der Waals surface area contributed by atoms with Gasteiger partial charge >= 0.3 is 0 Å². The number of fused-ring (bicyclic) bond motifs is 1. The van der Waals surface area contributed by atoms with Gasteiger partial charge in [0.05, 0.1) is 7.11 Å². The van der Waals surface area contributed by atoms with Crippen LogP contribution in [-0.2, 0) is 0 Å². The quantitative estimate of drug-likeness (QED) is 0.786. The molecule has 2 N–H and O–H groups in total. The van der Waals surface area contributed by atoms with Crippen LogP contribution in [0.5, 0.6) is 5.75 Å². The molecule has 0 radical (unpaired) electrons. The van der Waals surface area contributed by atoms with Crippen molar-refractivity contribution in [2.24, 2.45) is 5.73 Å². The average molecular weight is 260 g/mol. The van der Waals surface area contributed by atoms with Crippen molar-refractivity contribution < 1.29 is 9.15 Å². The summed E-state index contributed by atoms with van der Waals surface area (Å²) in [4.78, 5) is 5.45. The van der Waals surface area contributed by atoms with E-state index < -0.39 is 0 Å². The molecule has 4 nitrogen and oxygen atoms in total. The highest BCUT2D eigenvalue weighted by atomic mass is 32.1. The van der Waals surface area contributed by atoms with E-state index in [-0.39, 0.29) is 6.04 Å². The molecule has 1 unspecified atom stereocenters. The molecule has 0 aliphatic heterocycles. The summed E-state index contributed by atoms with van der Waals surface area (Å²) in [6.07, 6.45) is 0. The molecule has 92 valence electrons. The lowest BCUT2D eigenvalue weighted by atomic mass is 10.2. The smallest absolute Gasteiger partial charge is 0.217 e. The van der Waals surface area contributed by atoms with Gasteiger partial charge in [0.15, 0.2) is 5.58 Å². The van der Waals surface area contributed by atoms with Crippen LogP contribution in [0.1, 0.15) is 16.8 Å². The third-order valence-corrected chi connectivity index (χ3v) is 3.68. The van der Waals surface area contributed by atoms with E-state index in [1.807, 2.05) is 35.7 Å². The number of rotatable bonds is 3. The molecule has 1 atom stereocenters. The summed E-state index contributed by atoms with van der Waals surface area (Å²) in [5.74, 6) is 1.28. The molecule has 0 saturated carbocycles. The molecule has 0 spiro atoms. The first-order valence-electron chi connectivity index (χ1n) is 5.51.